The molecule has 0 spiro atoms. The molecule has 0 aliphatic rings. The number of hydrogen-bond donors (Lipinski definition) is 1. The van der Waals surface area contributed by atoms with Crippen LogP contribution in [0.5, 0.6) is 5.75 Å². The van der Waals surface area contributed by atoms with E-state index in [-0.39, 0.29) is 0 Å². The first-order valence-corrected chi connectivity index (χ1v) is 8.60. The van der Waals surface area contributed by atoms with Crippen molar-refractivity contribution in [2.75, 3.05) is 14.2 Å². The number of quaternary nitrogens is 1. The maximum absolute atomic E-state index is 5.65. The van der Waals surface area contributed by atoms with E-state index in [2.05, 4.69) is 36.4 Å². The predicted octanol–water partition coefficient (Wildman–Crippen LogP) is 2.48. The summed E-state index contributed by atoms with van der Waals surface area (Å²) >= 11 is 5.31. The zero-order chi connectivity index (χ0) is 17.6. The Bertz CT molecular complexity index is 856. The fourth-order valence-electron chi connectivity index (χ4n) is 2.69. The average Bonchev–Trinajstić information content (AvgIpc) is 2.95. The minimum absolute atomic E-state index is 0.413. The van der Waals surface area contributed by atoms with Crippen LogP contribution in [-0.4, -0.2) is 23.9 Å². The van der Waals surface area contributed by atoms with Crippen LogP contribution in [0.1, 0.15) is 17.0 Å². The first kappa shape index (κ1) is 17.4. The number of nitrogens with one attached hydrogen (secondary N) is 1. The van der Waals surface area contributed by atoms with E-state index in [0.29, 0.717) is 23.8 Å². The number of hydrogen-bond acceptors (Lipinski definition) is 4. The smallest absolute Gasteiger partial charge is 0.291 e. The number of rotatable bonds is 7. The summed E-state index contributed by atoms with van der Waals surface area (Å²) < 4.78 is 12.6. The maximum Gasteiger partial charge on any atom is 0.291 e. The van der Waals surface area contributed by atoms with Gasteiger partial charge in [-0.25, -0.2) is 0 Å². The number of benzene rings is 2. The molecule has 3 aromatic rings. The van der Waals surface area contributed by atoms with Gasteiger partial charge in [-0.3, -0.25) is 0 Å². The Balaban J connectivity index is 1.64. The minimum Gasteiger partial charge on any atom is -0.497 e. The van der Waals surface area contributed by atoms with Crippen LogP contribution >= 0.6 is 12.2 Å². The second kappa shape index (κ2) is 8.09. The van der Waals surface area contributed by atoms with Gasteiger partial charge < -0.3 is 14.1 Å². The fraction of sp³-hybridized carbons (Fsp3) is 0.263. The van der Waals surface area contributed by atoms with Gasteiger partial charge in [0.05, 0.1) is 20.6 Å². The third kappa shape index (κ3) is 4.78. The molecule has 0 saturated heterocycles. The predicted molar refractivity (Wildman–Crippen MR) is 98.2 cm³/mol. The van der Waals surface area contributed by atoms with Crippen molar-refractivity contribution in [3.8, 4) is 5.75 Å². The molecule has 6 heteroatoms. The van der Waals surface area contributed by atoms with Gasteiger partial charge in [-0.1, -0.05) is 42.5 Å². The van der Waals surface area contributed by atoms with Crippen molar-refractivity contribution in [3.05, 3.63) is 76.5 Å². The molecule has 1 heterocycles. The van der Waals surface area contributed by atoms with Crippen molar-refractivity contribution >= 4 is 12.2 Å². The third-order valence-electron chi connectivity index (χ3n) is 3.93. The van der Waals surface area contributed by atoms with E-state index < -0.39 is 0 Å². The van der Waals surface area contributed by atoms with Crippen LogP contribution in [0.3, 0.4) is 0 Å². The number of aromatic nitrogens is 2. The molecule has 2 aromatic carbocycles. The Hall–Kier alpha value is -2.44. The molecule has 0 fully saturated rings. The van der Waals surface area contributed by atoms with Gasteiger partial charge in [0.1, 0.15) is 12.3 Å². The molecule has 0 amide bonds. The Labute approximate surface area is 152 Å². The van der Waals surface area contributed by atoms with Crippen LogP contribution in [0.15, 0.2) is 59.0 Å². The zero-order valence-corrected chi connectivity index (χ0v) is 15.3. The largest absolute Gasteiger partial charge is 0.497 e. The standard InChI is InChI=1S/C19H21N3O2S/c1-21(13-16-6-4-3-5-7-16)14-22-19(25)24-18(20-22)12-15-8-10-17(23-2)11-9-15/h3-11H,12-14H2,1-2H3/p+1. The lowest BCUT2D eigenvalue weighted by Gasteiger charge is -2.13. The van der Waals surface area contributed by atoms with Crippen LogP contribution in [0.2, 0.25) is 0 Å². The van der Waals surface area contributed by atoms with Gasteiger partial charge in [0.2, 0.25) is 5.89 Å². The molecule has 1 aromatic heterocycles. The van der Waals surface area contributed by atoms with Crippen molar-refractivity contribution in [1.82, 2.24) is 9.78 Å². The summed E-state index contributed by atoms with van der Waals surface area (Å²) in [6.45, 7) is 1.57. The van der Waals surface area contributed by atoms with Crippen LogP contribution in [-0.2, 0) is 19.6 Å². The minimum atomic E-state index is 0.413. The highest BCUT2D eigenvalue weighted by Gasteiger charge is 2.11. The molecule has 25 heavy (non-hydrogen) atoms. The SMILES string of the molecule is COc1ccc(Cc2nn(C[NH+](C)Cc3ccccc3)c(=S)o2)cc1. The van der Waals surface area contributed by atoms with Crippen LogP contribution in [0.4, 0.5) is 0 Å². The lowest BCUT2D eigenvalue weighted by atomic mass is 10.1. The first-order chi connectivity index (χ1) is 12.1. The second-order valence-electron chi connectivity index (χ2n) is 6.06. The topological polar surface area (TPSA) is 44.6 Å². The maximum atomic E-state index is 5.65. The molecule has 130 valence electrons. The molecule has 0 bridgehead atoms. The molecule has 1 N–H and O–H groups in total. The third-order valence-corrected chi connectivity index (χ3v) is 4.23. The Kier molecular flexibility index (Phi) is 5.63. The van der Waals surface area contributed by atoms with Crippen molar-refractivity contribution in [1.29, 1.82) is 0 Å². The molecular weight excluding hydrogens is 334 g/mol. The molecule has 1 unspecified atom stereocenters. The van der Waals surface area contributed by atoms with Gasteiger partial charge in [-0.15, -0.1) is 5.10 Å². The highest BCUT2D eigenvalue weighted by molar-refractivity contribution is 7.71. The van der Waals surface area contributed by atoms with Gasteiger partial charge in [0.15, 0.2) is 6.67 Å². The van der Waals surface area contributed by atoms with Gasteiger partial charge in [0.25, 0.3) is 4.84 Å². The van der Waals surface area contributed by atoms with E-state index >= 15 is 0 Å². The van der Waals surface area contributed by atoms with Crippen molar-refractivity contribution < 1.29 is 14.1 Å². The van der Waals surface area contributed by atoms with Gasteiger partial charge >= 0.3 is 0 Å². The number of ether oxygens (including phenoxy) is 1. The summed E-state index contributed by atoms with van der Waals surface area (Å²) in [5.41, 5.74) is 2.39. The Morgan fingerprint density at radius 1 is 1.08 bits per heavy atom. The molecule has 0 radical (unpaired) electrons. The zero-order valence-electron chi connectivity index (χ0n) is 14.4. The summed E-state index contributed by atoms with van der Waals surface area (Å²) in [6, 6.07) is 18.2. The van der Waals surface area contributed by atoms with E-state index in [9.17, 15) is 0 Å². The summed E-state index contributed by atoms with van der Waals surface area (Å²) in [4.78, 5) is 1.70. The van der Waals surface area contributed by atoms with Crippen molar-refractivity contribution in [2.45, 2.75) is 19.6 Å². The van der Waals surface area contributed by atoms with E-state index in [1.807, 2.05) is 30.3 Å². The summed E-state index contributed by atoms with van der Waals surface area (Å²) in [6.07, 6.45) is 0.609. The monoisotopic (exact) mass is 356 g/mol. The molecule has 3 rings (SSSR count). The molecule has 5 nitrogen and oxygen atoms in total. The molecule has 1 atom stereocenters. The van der Waals surface area contributed by atoms with Crippen molar-refractivity contribution in [3.63, 3.8) is 0 Å². The molecular formula is C19H22N3O2S+. The van der Waals surface area contributed by atoms with E-state index in [4.69, 9.17) is 21.4 Å². The highest BCUT2D eigenvalue weighted by atomic mass is 32.1. The van der Waals surface area contributed by atoms with Crippen LogP contribution in [0, 0.1) is 4.84 Å². The lowest BCUT2D eigenvalue weighted by molar-refractivity contribution is -0.917. The summed E-state index contributed by atoms with van der Waals surface area (Å²) in [5.74, 6) is 1.46. The summed E-state index contributed by atoms with van der Waals surface area (Å²) in [7, 11) is 3.77. The Morgan fingerprint density at radius 2 is 1.80 bits per heavy atom. The quantitative estimate of drug-likeness (QED) is 0.661. The van der Waals surface area contributed by atoms with E-state index in [1.165, 1.54) is 10.5 Å². The normalized spacial score (nSPS) is 12.1. The fourth-order valence-corrected chi connectivity index (χ4v) is 2.90. The summed E-state index contributed by atoms with van der Waals surface area (Å²) in [5, 5.41) is 4.52. The van der Waals surface area contributed by atoms with E-state index in [1.54, 1.807) is 11.8 Å². The molecule has 0 aliphatic carbocycles. The average molecular weight is 356 g/mol. The Morgan fingerprint density at radius 3 is 2.48 bits per heavy atom. The van der Waals surface area contributed by atoms with E-state index in [0.717, 1.165) is 17.9 Å². The van der Waals surface area contributed by atoms with Crippen molar-refractivity contribution in [2.24, 2.45) is 0 Å². The van der Waals surface area contributed by atoms with Crippen LogP contribution in [0.25, 0.3) is 0 Å². The highest BCUT2D eigenvalue weighted by Crippen LogP contribution is 2.14. The first-order valence-electron chi connectivity index (χ1n) is 8.19. The molecule has 0 aliphatic heterocycles. The molecule has 0 saturated carbocycles. The lowest BCUT2D eigenvalue weighted by Crippen LogP contribution is -3.07. The number of nitrogens with zero attached hydrogens (tertiary/aromatic N) is 2. The number of methoxy groups -OCH3 is 1. The second-order valence-corrected chi connectivity index (χ2v) is 6.41. The van der Waals surface area contributed by atoms with Gasteiger partial charge in [0, 0.05) is 5.56 Å². The van der Waals surface area contributed by atoms with Gasteiger partial charge in [-0.05, 0) is 29.9 Å². The van der Waals surface area contributed by atoms with Crippen LogP contribution < -0.4 is 9.64 Å². The van der Waals surface area contributed by atoms with Gasteiger partial charge in [-0.2, -0.15) is 4.68 Å².